The average molecular weight is 287 g/mol. The van der Waals surface area contributed by atoms with E-state index >= 15 is 0 Å². The van der Waals surface area contributed by atoms with Crippen molar-refractivity contribution in [3.8, 4) is 0 Å². The summed E-state index contributed by atoms with van der Waals surface area (Å²) in [7, 11) is 0. The van der Waals surface area contributed by atoms with Gasteiger partial charge in [-0.2, -0.15) is 0 Å². The number of aliphatic hydroxyl groups is 1. The van der Waals surface area contributed by atoms with Gasteiger partial charge in [0.1, 0.15) is 0 Å². The Labute approximate surface area is 117 Å². The summed E-state index contributed by atoms with van der Waals surface area (Å²) in [5.41, 5.74) is -2.03. The van der Waals surface area contributed by atoms with Crippen LogP contribution in [0.2, 0.25) is 0 Å². The maximum atomic E-state index is 11.8. The number of rotatable bonds is 5. The number of hydrogen-bond acceptors (Lipinski definition) is 4. The van der Waals surface area contributed by atoms with Crippen molar-refractivity contribution in [1.82, 2.24) is 15.5 Å². The monoisotopic (exact) mass is 287 g/mol. The van der Waals surface area contributed by atoms with Crippen molar-refractivity contribution >= 4 is 17.9 Å². The third-order valence-electron chi connectivity index (χ3n) is 3.16. The van der Waals surface area contributed by atoms with Gasteiger partial charge in [-0.1, -0.05) is 0 Å². The van der Waals surface area contributed by atoms with E-state index in [0.717, 1.165) is 26.2 Å². The molecule has 0 saturated carbocycles. The lowest BCUT2D eigenvalue weighted by Crippen LogP contribution is -2.51. The molecule has 3 amide bonds. The first-order valence-corrected chi connectivity index (χ1v) is 6.58. The van der Waals surface area contributed by atoms with Gasteiger partial charge >= 0.3 is 12.0 Å². The number of carboxylic acid groups (broad SMARTS) is 1. The number of nitrogens with one attached hydrogen (secondary N) is 2. The molecule has 0 spiro atoms. The van der Waals surface area contributed by atoms with Crippen LogP contribution in [0, 0.1) is 0 Å². The van der Waals surface area contributed by atoms with Crippen molar-refractivity contribution in [1.29, 1.82) is 0 Å². The van der Waals surface area contributed by atoms with E-state index < -0.39 is 24.1 Å². The predicted molar refractivity (Wildman–Crippen MR) is 70.1 cm³/mol. The van der Waals surface area contributed by atoms with E-state index in [1.165, 1.54) is 0 Å². The molecule has 1 atom stereocenters. The van der Waals surface area contributed by atoms with Gasteiger partial charge in [-0.25, -0.2) is 9.59 Å². The first-order valence-electron chi connectivity index (χ1n) is 6.58. The summed E-state index contributed by atoms with van der Waals surface area (Å²) in [4.78, 5) is 35.5. The first kappa shape index (κ1) is 16.2. The van der Waals surface area contributed by atoms with Crippen LogP contribution in [0.15, 0.2) is 0 Å². The van der Waals surface area contributed by atoms with Gasteiger partial charge in [0.15, 0.2) is 5.60 Å². The van der Waals surface area contributed by atoms with Gasteiger partial charge in [-0.3, -0.25) is 4.79 Å². The van der Waals surface area contributed by atoms with Gasteiger partial charge in [-0.15, -0.1) is 0 Å². The van der Waals surface area contributed by atoms with Gasteiger partial charge in [-0.05, 0) is 26.2 Å². The smallest absolute Gasteiger partial charge is 0.337 e. The first-order chi connectivity index (χ1) is 9.33. The molecule has 20 heavy (non-hydrogen) atoms. The molecule has 1 aliphatic rings. The Morgan fingerprint density at radius 2 is 1.75 bits per heavy atom. The molecule has 0 aromatic carbocycles. The molecule has 1 heterocycles. The molecule has 0 bridgehead atoms. The summed E-state index contributed by atoms with van der Waals surface area (Å²) in [6.45, 7) is 1.91. The topological polar surface area (TPSA) is 119 Å². The highest BCUT2D eigenvalue weighted by molar-refractivity contribution is 5.84. The Balaban J connectivity index is 2.25. The van der Waals surface area contributed by atoms with Crippen LogP contribution in [0.1, 0.15) is 26.2 Å². The molecule has 1 saturated heterocycles. The molecule has 1 rings (SSSR count). The Hall–Kier alpha value is -1.83. The van der Waals surface area contributed by atoms with Crippen LogP contribution in [-0.2, 0) is 9.59 Å². The molecular weight excluding hydrogens is 266 g/mol. The normalized spacial score (nSPS) is 18.0. The van der Waals surface area contributed by atoms with Crippen LogP contribution in [0.5, 0.6) is 0 Å². The van der Waals surface area contributed by atoms with Crippen LogP contribution >= 0.6 is 0 Å². The van der Waals surface area contributed by atoms with E-state index in [1.54, 1.807) is 4.90 Å². The maximum absolute atomic E-state index is 11.8. The third-order valence-corrected chi connectivity index (χ3v) is 3.16. The van der Waals surface area contributed by atoms with Crippen LogP contribution < -0.4 is 10.6 Å². The van der Waals surface area contributed by atoms with E-state index in [2.05, 4.69) is 10.6 Å². The molecule has 0 aromatic heterocycles. The fourth-order valence-corrected chi connectivity index (χ4v) is 1.80. The number of amides is 3. The number of nitrogens with zero attached hydrogens (tertiary/aromatic N) is 1. The fourth-order valence-electron chi connectivity index (χ4n) is 1.80. The van der Waals surface area contributed by atoms with Crippen molar-refractivity contribution in [2.24, 2.45) is 0 Å². The Morgan fingerprint density at radius 3 is 2.30 bits per heavy atom. The molecule has 8 nitrogen and oxygen atoms in total. The van der Waals surface area contributed by atoms with Gasteiger partial charge < -0.3 is 25.7 Å². The summed E-state index contributed by atoms with van der Waals surface area (Å²) < 4.78 is 0. The highest BCUT2D eigenvalue weighted by Crippen LogP contribution is 2.08. The number of aliphatic carboxylic acids is 1. The second kappa shape index (κ2) is 7.09. The van der Waals surface area contributed by atoms with Gasteiger partial charge in [0, 0.05) is 13.1 Å². The number of carboxylic acids is 1. The molecule has 1 aliphatic heterocycles. The Morgan fingerprint density at radius 1 is 1.15 bits per heavy atom. The molecule has 4 N–H and O–H groups in total. The van der Waals surface area contributed by atoms with Crippen LogP contribution in [0.25, 0.3) is 0 Å². The molecule has 0 aromatic rings. The van der Waals surface area contributed by atoms with Crippen LogP contribution in [0.4, 0.5) is 4.79 Å². The number of carbonyl (C=O) groups is 3. The predicted octanol–water partition coefficient (Wildman–Crippen LogP) is -0.866. The highest BCUT2D eigenvalue weighted by Gasteiger charge is 2.30. The zero-order valence-corrected chi connectivity index (χ0v) is 11.5. The quantitative estimate of drug-likeness (QED) is 0.524. The number of likely N-dealkylation sites (tertiary alicyclic amines) is 1. The van der Waals surface area contributed by atoms with E-state index in [-0.39, 0.29) is 12.5 Å². The lowest BCUT2D eigenvalue weighted by Gasteiger charge is -2.26. The summed E-state index contributed by atoms with van der Waals surface area (Å²) in [6.07, 6.45) is 3.06. The van der Waals surface area contributed by atoms with Crippen molar-refractivity contribution in [2.45, 2.75) is 31.8 Å². The van der Waals surface area contributed by atoms with Gasteiger partial charge in [0.2, 0.25) is 5.91 Å². The molecule has 8 heteroatoms. The maximum Gasteiger partial charge on any atom is 0.337 e. The van der Waals surface area contributed by atoms with E-state index in [1.807, 2.05) is 0 Å². The van der Waals surface area contributed by atoms with Crippen molar-refractivity contribution < 1.29 is 24.6 Å². The van der Waals surface area contributed by atoms with Crippen molar-refractivity contribution in [3.63, 3.8) is 0 Å². The molecular formula is C12H21N3O5. The minimum atomic E-state index is -2.03. The average Bonchev–Trinajstić information content (AvgIpc) is 2.43. The number of hydrogen-bond donors (Lipinski definition) is 4. The molecule has 1 fully saturated rings. The summed E-state index contributed by atoms with van der Waals surface area (Å²) in [5, 5.41) is 22.6. The molecule has 0 aliphatic carbocycles. The minimum absolute atomic E-state index is 0.138. The number of piperidine rings is 1. The number of urea groups is 1. The second-order valence-electron chi connectivity index (χ2n) is 5.06. The Kier molecular flexibility index (Phi) is 5.75. The third kappa shape index (κ3) is 5.04. The SMILES string of the molecule is CC(O)(CNC(=O)NCC(=O)N1CCCCC1)C(=O)O. The lowest BCUT2D eigenvalue weighted by molar-refractivity contribution is -0.155. The largest absolute Gasteiger partial charge is 0.479 e. The highest BCUT2D eigenvalue weighted by atomic mass is 16.4. The molecule has 114 valence electrons. The minimum Gasteiger partial charge on any atom is -0.479 e. The molecule has 1 unspecified atom stereocenters. The number of carbonyl (C=O) groups excluding carboxylic acids is 2. The van der Waals surface area contributed by atoms with Crippen molar-refractivity contribution in [3.05, 3.63) is 0 Å². The van der Waals surface area contributed by atoms with Gasteiger partial charge in [0.25, 0.3) is 0 Å². The van der Waals surface area contributed by atoms with Crippen molar-refractivity contribution in [2.75, 3.05) is 26.2 Å². The lowest BCUT2D eigenvalue weighted by atomic mass is 10.1. The second-order valence-corrected chi connectivity index (χ2v) is 5.06. The summed E-state index contributed by atoms with van der Waals surface area (Å²) in [5.74, 6) is -1.59. The van der Waals surface area contributed by atoms with E-state index in [9.17, 15) is 19.5 Å². The molecule has 0 radical (unpaired) electrons. The van der Waals surface area contributed by atoms with E-state index in [0.29, 0.717) is 13.1 Å². The van der Waals surface area contributed by atoms with Crippen LogP contribution in [0.3, 0.4) is 0 Å². The fraction of sp³-hybridized carbons (Fsp3) is 0.750. The van der Waals surface area contributed by atoms with E-state index in [4.69, 9.17) is 5.11 Å². The van der Waals surface area contributed by atoms with Gasteiger partial charge in [0.05, 0.1) is 13.1 Å². The summed E-state index contributed by atoms with van der Waals surface area (Å²) in [6, 6.07) is -0.683. The zero-order chi connectivity index (χ0) is 15.2. The zero-order valence-electron chi connectivity index (χ0n) is 11.5. The Bertz CT molecular complexity index is 377. The summed E-state index contributed by atoms with van der Waals surface area (Å²) >= 11 is 0. The van der Waals surface area contributed by atoms with Crippen LogP contribution in [-0.4, -0.2) is 64.8 Å². The standard InChI is InChI=1S/C12H21N3O5/c1-12(20,10(17)18)8-14-11(19)13-7-9(16)15-5-3-2-4-6-15/h20H,2-8H2,1H3,(H,17,18)(H2,13,14,19).